The number of carbonyl (C=O) groups excluding carboxylic acids is 2. The molecule has 0 aliphatic heterocycles. The topological polar surface area (TPSA) is 95.9 Å². The molecule has 0 aromatic rings. The molecule has 6 nitrogen and oxygen atoms in total. The largest absolute Gasteiger partial charge is 0.462 e. The van der Waals surface area contributed by atoms with Crippen molar-refractivity contribution in [2.45, 2.75) is 232 Å². The van der Waals surface area contributed by atoms with Crippen LogP contribution in [0.1, 0.15) is 213 Å². The maximum Gasteiger partial charge on any atom is 0.306 e. The number of rotatable bonds is 43. The number of unbranched alkanes of at least 4 members (excludes halogenated alkanes) is 17. The molecule has 61 heavy (non-hydrogen) atoms. The molecule has 3 atom stereocenters. The summed E-state index contributed by atoms with van der Waals surface area (Å²) in [6, 6.07) is -0.728. The van der Waals surface area contributed by atoms with Gasteiger partial charge in [0.2, 0.25) is 5.91 Å². The molecule has 1 amide bonds. The SMILES string of the molecule is CC/C=C/C=C/C=C/CCCCCCCC(CC(=O)NC(CO)C(O)CCCCCCCCCCCCCCC)OC(=O)CC/C=C/C/C=C/C/C=C/C/C=C/C/C=C/CC. The van der Waals surface area contributed by atoms with Crippen LogP contribution in [0.15, 0.2) is 97.2 Å². The zero-order chi connectivity index (χ0) is 44.5. The molecule has 0 fully saturated rings. The summed E-state index contributed by atoms with van der Waals surface area (Å²) < 4.78 is 5.87. The lowest BCUT2D eigenvalue weighted by molar-refractivity contribution is -0.150. The van der Waals surface area contributed by atoms with E-state index in [9.17, 15) is 19.8 Å². The smallest absolute Gasteiger partial charge is 0.306 e. The van der Waals surface area contributed by atoms with E-state index in [-0.39, 0.29) is 31.3 Å². The van der Waals surface area contributed by atoms with E-state index in [1.54, 1.807) is 0 Å². The van der Waals surface area contributed by atoms with Crippen molar-refractivity contribution in [3.8, 4) is 0 Å². The molecule has 348 valence electrons. The van der Waals surface area contributed by atoms with Crippen molar-refractivity contribution in [2.75, 3.05) is 6.61 Å². The van der Waals surface area contributed by atoms with Crippen LogP contribution in [-0.4, -0.2) is 46.9 Å². The number of nitrogens with one attached hydrogen (secondary N) is 1. The van der Waals surface area contributed by atoms with Crippen molar-refractivity contribution in [1.82, 2.24) is 5.32 Å². The normalized spacial score (nSPS) is 14.1. The van der Waals surface area contributed by atoms with Crippen LogP contribution in [0.4, 0.5) is 0 Å². The number of esters is 1. The van der Waals surface area contributed by atoms with Gasteiger partial charge >= 0.3 is 5.97 Å². The summed E-state index contributed by atoms with van der Waals surface area (Å²) in [5, 5.41) is 23.7. The summed E-state index contributed by atoms with van der Waals surface area (Å²) in [7, 11) is 0. The van der Waals surface area contributed by atoms with E-state index < -0.39 is 18.2 Å². The van der Waals surface area contributed by atoms with E-state index in [0.717, 1.165) is 96.3 Å². The van der Waals surface area contributed by atoms with E-state index in [1.165, 1.54) is 64.2 Å². The molecule has 0 aromatic heterocycles. The van der Waals surface area contributed by atoms with Crippen LogP contribution < -0.4 is 5.32 Å². The molecule has 0 radical (unpaired) electrons. The molecule has 0 bridgehead atoms. The average molecular weight is 848 g/mol. The second kappa shape index (κ2) is 47.8. The van der Waals surface area contributed by atoms with Gasteiger partial charge in [-0.1, -0.05) is 221 Å². The summed E-state index contributed by atoms with van der Waals surface area (Å²) in [6.07, 6.45) is 63.3. The Morgan fingerprint density at radius 1 is 0.508 bits per heavy atom. The Bertz CT molecular complexity index is 1220. The van der Waals surface area contributed by atoms with E-state index in [1.807, 2.05) is 6.08 Å². The number of amides is 1. The lowest BCUT2D eigenvalue weighted by atomic mass is 10.0. The van der Waals surface area contributed by atoms with Gasteiger partial charge in [0.15, 0.2) is 0 Å². The molecule has 0 heterocycles. The monoisotopic (exact) mass is 848 g/mol. The van der Waals surface area contributed by atoms with Crippen LogP contribution in [0.2, 0.25) is 0 Å². The third-order valence-corrected chi connectivity index (χ3v) is 10.7. The van der Waals surface area contributed by atoms with Gasteiger partial charge in [0.05, 0.1) is 25.2 Å². The van der Waals surface area contributed by atoms with Crippen molar-refractivity contribution in [3.05, 3.63) is 97.2 Å². The predicted octanol–water partition coefficient (Wildman–Crippen LogP) is 14.9. The van der Waals surface area contributed by atoms with E-state index >= 15 is 0 Å². The van der Waals surface area contributed by atoms with Gasteiger partial charge in [-0.05, 0) is 77.0 Å². The van der Waals surface area contributed by atoms with Gasteiger partial charge in [-0.3, -0.25) is 9.59 Å². The van der Waals surface area contributed by atoms with Crippen LogP contribution in [-0.2, 0) is 14.3 Å². The van der Waals surface area contributed by atoms with Crippen molar-refractivity contribution in [2.24, 2.45) is 0 Å². The van der Waals surface area contributed by atoms with Gasteiger partial charge in [0.25, 0.3) is 0 Å². The Morgan fingerprint density at radius 2 is 0.967 bits per heavy atom. The lowest BCUT2D eigenvalue weighted by Crippen LogP contribution is -2.46. The Kier molecular flexibility index (Phi) is 45.3. The van der Waals surface area contributed by atoms with Crippen molar-refractivity contribution < 1.29 is 24.5 Å². The number of allylic oxidation sites excluding steroid dienone is 16. The standard InChI is InChI=1S/C55H93NO5/c1-4-7-10-13-16-19-22-25-26-27-30-33-36-39-42-45-48-55(60)61-51(46-43-40-37-34-31-28-23-20-17-14-11-8-5-2)49-54(59)56-52(50-57)53(58)47-44-41-38-35-32-29-24-21-18-15-12-9-6-3/h7-8,10-11,14,16-17,19-20,23,25-26,30,33,39,42,51-53,57-58H,4-6,9,12-13,15,18,21-22,24,27-29,31-32,34-38,40-41,43-50H2,1-3H3,(H,56,59)/b10-7+,11-8+,17-14+,19-16+,23-20+,26-25+,33-30+,42-39+. The third kappa shape index (κ3) is 43.2. The van der Waals surface area contributed by atoms with Crippen LogP contribution in [0, 0.1) is 0 Å². The van der Waals surface area contributed by atoms with E-state index in [2.05, 4.69) is 117 Å². The number of hydrogen-bond acceptors (Lipinski definition) is 5. The number of carbonyl (C=O) groups is 2. The Labute approximate surface area is 376 Å². The zero-order valence-electron chi connectivity index (χ0n) is 39.5. The highest BCUT2D eigenvalue weighted by atomic mass is 16.5. The van der Waals surface area contributed by atoms with E-state index in [4.69, 9.17) is 4.74 Å². The number of ether oxygens (including phenoxy) is 1. The second-order valence-electron chi connectivity index (χ2n) is 16.5. The summed E-state index contributed by atoms with van der Waals surface area (Å²) >= 11 is 0. The van der Waals surface area contributed by atoms with Gasteiger partial charge in [-0.15, -0.1) is 0 Å². The van der Waals surface area contributed by atoms with E-state index in [0.29, 0.717) is 19.3 Å². The number of aliphatic hydroxyl groups is 2. The molecule has 0 aliphatic rings. The summed E-state index contributed by atoms with van der Waals surface area (Å²) in [5.41, 5.74) is 0. The minimum atomic E-state index is -0.810. The first kappa shape index (κ1) is 57.8. The molecule has 0 rings (SSSR count). The minimum absolute atomic E-state index is 0.0289. The van der Waals surface area contributed by atoms with Gasteiger partial charge in [0.1, 0.15) is 6.10 Å². The molecule has 0 aromatic carbocycles. The predicted molar refractivity (Wildman–Crippen MR) is 264 cm³/mol. The zero-order valence-corrected chi connectivity index (χ0v) is 39.5. The molecular formula is C55H93NO5. The first-order chi connectivity index (χ1) is 30.0. The van der Waals surface area contributed by atoms with Crippen molar-refractivity contribution in [1.29, 1.82) is 0 Å². The second-order valence-corrected chi connectivity index (χ2v) is 16.5. The fourth-order valence-electron chi connectivity index (χ4n) is 7.01. The summed E-state index contributed by atoms with van der Waals surface area (Å²) in [6.45, 7) is 6.20. The molecule has 6 heteroatoms. The first-order valence-corrected chi connectivity index (χ1v) is 25.0. The van der Waals surface area contributed by atoms with Crippen LogP contribution in [0.5, 0.6) is 0 Å². The Balaban J connectivity index is 4.73. The van der Waals surface area contributed by atoms with Crippen LogP contribution in [0.3, 0.4) is 0 Å². The lowest BCUT2D eigenvalue weighted by Gasteiger charge is -2.24. The Morgan fingerprint density at radius 3 is 1.49 bits per heavy atom. The quantitative estimate of drug-likeness (QED) is 0.0246. The highest BCUT2D eigenvalue weighted by Crippen LogP contribution is 2.17. The van der Waals surface area contributed by atoms with Gasteiger partial charge in [0, 0.05) is 6.42 Å². The molecule has 3 unspecified atom stereocenters. The molecule has 0 spiro atoms. The van der Waals surface area contributed by atoms with Crippen LogP contribution >= 0.6 is 0 Å². The summed E-state index contributed by atoms with van der Waals surface area (Å²) in [4.78, 5) is 26.1. The van der Waals surface area contributed by atoms with Gasteiger partial charge in [-0.2, -0.15) is 0 Å². The average Bonchev–Trinajstić information content (AvgIpc) is 3.25. The molecule has 0 saturated carbocycles. The highest BCUT2D eigenvalue weighted by Gasteiger charge is 2.24. The number of aliphatic hydroxyl groups excluding tert-OH is 2. The van der Waals surface area contributed by atoms with Gasteiger partial charge in [-0.25, -0.2) is 0 Å². The fraction of sp³-hybridized carbons (Fsp3) is 0.673. The fourth-order valence-corrected chi connectivity index (χ4v) is 7.01. The highest BCUT2D eigenvalue weighted by molar-refractivity contribution is 5.77. The van der Waals surface area contributed by atoms with Crippen LogP contribution in [0.25, 0.3) is 0 Å². The first-order valence-electron chi connectivity index (χ1n) is 25.0. The third-order valence-electron chi connectivity index (χ3n) is 10.7. The molecular weight excluding hydrogens is 755 g/mol. The molecule has 0 saturated heterocycles. The molecule has 0 aliphatic carbocycles. The molecule has 3 N–H and O–H groups in total. The summed E-state index contributed by atoms with van der Waals surface area (Å²) in [5.74, 6) is -0.601. The Hall–Kier alpha value is -3.22. The minimum Gasteiger partial charge on any atom is -0.462 e. The van der Waals surface area contributed by atoms with Crippen molar-refractivity contribution in [3.63, 3.8) is 0 Å². The maximum atomic E-state index is 13.2. The number of hydrogen-bond donors (Lipinski definition) is 3. The van der Waals surface area contributed by atoms with Crippen molar-refractivity contribution >= 4 is 11.9 Å². The van der Waals surface area contributed by atoms with Gasteiger partial charge < -0.3 is 20.3 Å². The maximum absolute atomic E-state index is 13.2.